The number of aromatic nitrogens is 4. The van der Waals surface area contributed by atoms with E-state index in [1.165, 1.54) is 10.7 Å². The molecular formula is C32H37F5N6O4. The number of hydrogen-bond donors (Lipinski definition) is 2. The Hall–Kier alpha value is -3.88. The summed E-state index contributed by atoms with van der Waals surface area (Å²) >= 11 is 0. The number of nitrogens with one attached hydrogen (secondary N) is 2. The standard InChI is InChI=1S/C32H37F5N6O4/c33-31(34)10-4-7-21(15-31)27(41-30(45)47-18-19-5-2-1-3-6-19)25-17-43-29(39-25)40-26(20-8-11-46-12-9-20)24(42-43)14-22-13-23(32(35,36)37)16-38-28(22)44/h1-3,5-6,17,20-23,27H,4,7-16,18H2,(H,38,44)(H,41,45)/t21-,22-,23-,27+/m1/s1. The third-order valence-electron chi connectivity index (χ3n) is 9.36. The van der Waals surface area contributed by atoms with Gasteiger partial charge >= 0.3 is 12.3 Å². The third kappa shape index (κ3) is 7.99. The van der Waals surface area contributed by atoms with E-state index in [0.29, 0.717) is 43.9 Å². The molecule has 15 heteroatoms. The number of alkyl carbamates (subject to hydrolysis) is 1. The van der Waals surface area contributed by atoms with E-state index < -0.39 is 60.9 Å². The maximum atomic E-state index is 14.6. The van der Waals surface area contributed by atoms with Gasteiger partial charge in [0.1, 0.15) is 6.61 Å². The van der Waals surface area contributed by atoms with Crippen molar-refractivity contribution >= 4 is 17.8 Å². The number of piperidine rings is 1. The van der Waals surface area contributed by atoms with Crippen LogP contribution in [0.15, 0.2) is 36.5 Å². The summed E-state index contributed by atoms with van der Waals surface area (Å²) in [6.07, 6.45) is -3.01. The van der Waals surface area contributed by atoms with E-state index in [4.69, 9.17) is 19.6 Å². The van der Waals surface area contributed by atoms with Crippen molar-refractivity contribution in [1.29, 1.82) is 0 Å². The fourth-order valence-electron chi connectivity index (χ4n) is 6.86. The molecule has 0 bridgehead atoms. The Balaban J connectivity index is 1.31. The molecule has 0 unspecified atom stereocenters. The van der Waals surface area contributed by atoms with Crippen LogP contribution in [0.4, 0.5) is 26.7 Å². The van der Waals surface area contributed by atoms with Gasteiger partial charge < -0.3 is 20.1 Å². The van der Waals surface area contributed by atoms with Crippen molar-refractivity contribution in [2.75, 3.05) is 19.8 Å². The zero-order valence-corrected chi connectivity index (χ0v) is 25.6. The van der Waals surface area contributed by atoms with Crippen LogP contribution in [0.5, 0.6) is 0 Å². The molecule has 3 fully saturated rings. The van der Waals surface area contributed by atoms with Crippen LogP contribution in [-0.4, -0.2) is 63.4 Å². The second-order valence-electron chi connectivity index (χ2n) is 12.8. The number of amides is 2. The van der Waals surface area contributed by atoms with E-state index in [1.54, 1.807) is 24.3 Å². The number of ether oxygens (including phenoxy) is 2. The van der Waals surface area contributed by atoms with E-state index in [0.717, 1.165) is 5.56 Å². The lowest BCUT2D eigenvalue weighted by atomic mass is 9.81. The second kappa shape index (κ2) is 13.7. The summed E-state index contributed by atoms with van der Waals surface area (Å²) in [7, 11) is 0. The summed E-state index contributed by atoms with van der Waals surface area (Å²) in [4.78, 5) is 35.1. The first kappa shape index (κ1) is 33.0. The van der Waals surface area contributed by atoms with E-state index in [2.05, 4.69) is 15.6 Å². The van der Waals surface area contributed by atoms with Crippen molar-refractivity contribution in [1.82, 2.24) is 30.2 Å². The van der Waals surface area contributed by atoms with E-state index in [-0.39, 0.29) is 49.7 Å². The number of nitrogens with zero attached hydrogens (tertiary/aromatic N) is 4. The molecule has 10 nitrogen and oxygen atoms in total. The van der Waals surface area contributed by atoms with Gasteiger partial charge in [0.2, 0.25) is 11.8 Å². The maximum Gasteiger partial charge on any atom is 0.408 e. The fraction of sp³-hybridized carbons (Fsp3) is 0.594. The SMILES string of the molecule is O=C(N[C@H](c1cn2nc(C[C@H]3C[C@@H](C(F)(F)F)CNC3=O)c(C3CCOCC3)nc2n1)[C@@H]1CCCC(F)(F)C1)OCc1ccccc1. The number of halogens is 5. The van der Waals surface area contributed by atoms with Crippen molar-refractivity contribution in [3.05, 3.63) is 59.2 Å². The fourth-order valence-corrected chi connectivity index (χ4v) is 6.86. The molecule has 4 heterocycles. The molecule has 6 rings (SSSR count). The van der Waals surface area contributed by atoms with E-state index in [1.807, 2.05) is 6.07 Å². The zero-order valence-electron chi connectivity index (χ0n) is 25.6. The average molecular weight is 665 g/mol. The number of benzene rings is 1. The number of hydrogen-bond acceptors (Lipinski definition) is 7. The molecule has 3 aliphatic rings. The summed E-state index contributed by atoms with van der Waals surface area (Å²) in [6.45, 7) is 0.438. The number of carbonyl (C=O) groups is 2. The van der Waals surface area contributed by atoms with Crippen LogP contribution in [0.3, 0.4) is 0 Å². The van der Waals surface area contributed by atoms with Crippen LogP contribution in [-0.2, 0) is 27.3 Å². The molecule has 1 aromatic carbocycles. The van der Waals surface area contributed by atoms with Crippen LogP contribution in [0.1, 0.15) is 79.6 Å². The number of rotatable bonds is 8. The van der Waals surface area contributed by atoms with Gasteiger partial charge in [-0.25, -0.2) is 28.1 Å². The Kier molecular flexibility index (Phi) is 9.62. The summed E-state index contributed by atoms with van der Waals surface area (Å²) in [5, 5.41) is 9.84. The Bertz CT molecular complexity index is 1560. The van der Waals surface area contributed by atoms with Gasteiger partial charge in [-0.15, -0.1) is 0 Å². The van der Waals surface area contributed by atoms with Crippen LogP contribution < -0.4 is 10.6 Å². The average Bonchev–Trinajstić information content (AvgIpc) is 3.46. The smallest absolute Gasteiger partial charge is 0.408 e. The molecule has 47 heavy (non-hydrogen) atoms. The predicted molar refractivity (Wildman–Crippen MR) is 157 cm³/mol. The second-order valence-corrected chi connectivity index (χ2v) is 12.8. The highest BCUT2D eigenvalue weighted by molar-refractivity contribution is 5.79. The summed E-state index contributed by atoms with van der Waals surface area (Å²) in [5.41, 5.74) is 1.90. The number of imidazole rings is 1. The van der Waals surface area contributed by atoms with Gasteiger partial charge in [-0.3, -0.25) is 4.79 Å². The minimum atomic E-state index is -4.45. The predicted octanol–water partition coefficient (Wildman–Crippen LogP) is 5.67. The minimum Gasteiger partial charge on any atom is -0.445 e. The highest BCUT2D eigenvalue weighted by Gasteiger charge is 2.45. The van der Waals surface area contributed by atoms with Crippen molar-refractivity contribution in [2.24, 2.45) is 17.8 Å². The largest absolute Gasteiger partial charge is 0.445 e. The monoisotopic (exact) mass is 664 g/mol. The summed E-state index contributed by atoms with van der Waals surface area (Å²) < 4.78 is 82.2. The molecule has 2 aromatic heterocycles. The van der Waals surface area contributed by atoms with Gasteiger partial charge in [-0.1, -0.05) is 30.3 Å². The molecule has 2 aliphatic heterocycles. The molecule has 2 N–H and O–H groups in total. The molecule has 1 saturated carbocycles. The lowest BCUT2D eigenvalue weighted by molar-refractivity contribution is -0.183. The first-order chi connectivity index (χ1) is 22.4. The summed E-state index contributed by atoms with van der Waals surface area (Å²) in [6, 6.07) is 8.08. The Morgan fingerprint density at radius 1 is 1.15 bits per heavy atom. The van der Waals surface area contributed by atoms with E-state index in [9.17, 15) is 31.5 Å². The highest BCUT2D eigenvalue weighted by Crippen LogP contribution is 2.42. The molecule has 4 atom stereocenters. The molecule has 0 radical (unpaired) electrons. The van der Waals surface area contributed by atoms with Crippen molar-refractivity contribution in [2.45, 2.75) is 82.0 Å². The Labute approximate surface area is 267 Å². The van der Waals surface area contributed by atoms with Crippen LogP contribution >= 0.6 is 0 Å². The lowest BCUT2D eigenvalue weighted by Gasteiger charge is -2.33. The lowest BCUT2D eigenvalue weighted by Crippen LogP contribution is -2.47. The molecular weight excluding hydrogens is 627 g/mol. The summed E-state index contributed by atoms with van der Waals surface area (Å²) in [5.74, 6) is -6.66. The number of fused-ring (bicyclic) bond motifs is 1. The van der Waals surface area contributed by atoms with Crippen molar-refractivity contribution < 1.29 is 41.0 Å². The Morgan fingerprint density at radius 3 is 2.64 bits per heavy atom. The number of alkyl halides is 5. The zero-order chi connectivity index (χ0) is 33.2. The third-order valence-corrected chi connectivity index (χ3v) is 9.36. The first-order valence-corrected chi connectivity index (χ1v) is 16.0. The van der Waals surface area contributed by atoms with Crippen molar-refractivity contribution in [3.63, 3.8) is 0 Å². The normalized spacial score (nSPS) is 24.4. The quantitative estimate of drug-likeness (QED) is 0.298. The van der Waals surface area contributed by atoms with Crippen LogP contribution in [0, 0.1) is 17.8 Å². The molecule has 2 amide bonds. The van der Waals surface area contributed by atoms with Crippen LogP contribution in [0.25, 0.3) is 5.78 Å². The molecule has 2 saturated heterocycles. The topological polar surface area (TPSA) is 120 Å². The first-order valence-electron chi connectivity index (χ1n) is 16.0. The molecule has 1 aliphatic carbocycles. The molecule has 254 valence electrons. The highest BCUT2D eigenvalue weighted by atomic mass is 19.4. The van der Waals surface area contributed by atoms with Crippen molar-refractivity contribution in [3.8, 4) is 0 Å². The van der Waals surface area contributed by atoms with Crippen LogP contribution in [0.2, 0.25) is 0 Å². The van der Waals surface area contributed by atoms with Gasteiger partial charge in [-0.05, 0) is 43.6 Å². The minimum absolute atomic E-state index is 0.0176. The van der Waals surface area contributed by atoms with Gasteiger partial charge in [-0.2, -0.15) is 18.3 Å². The van der Waals surface area contributed by atoms with Gasteiger partial charge in [0.25, 0.3) is 5.78 Å². The molecule has 0 spiro atoms. The van der Waals surface area contributed by atoms with Gasteiger partial charge in [0, 0.05) is 50.9 Å². The van der Waals surface area contributed by atoms with Gasteiger partial charge in [0.05, 0.1) is 35.2 Å². The Morgan fingerprint density at radius 2 is 1.91 bits per heavy atom. The van der Waals surface area contributed by atoms with E-state index >= 15 is 0 Å². The molecule has 3 aromatic rings. The van der Waals surface area contributed by atoms with Gasteiger partial charge in [0.15, 0.2) is 0 Å². The maximum absolute atomic E-state index is 14.6. The number of carbonyl (C=O) groups excluding carboxylic acids is 2.